The summed E-state index contributed by atoms with van der Waals surface area (Å²) in [5.41, 5.74) is 1.39. The highest BCUT2D eigenvalue weighted by atomic mass is 32.2. The van der Waals surface area contributed by atoms with E-state index in [1.807, 2.05) is 6.08 Å². The van der Waals surface area contributed by atoms with E-state index >= 15 is 0 Å². The van der Waals surface area contributed by atoms with E-state index < -0.39 is 17.3 Å². The van der Waals surface area contributed by atoms with Crippen LogP contribution in [0.2, 0.25) is 0 Å². The van der Waals surface area contributed by atoms with Gasteiger partial charge in [0.15, 0.2) is 17.1 Å². The molecule has 1 N–H and O–H groups in total. The van der Waals surface area contributed by atoms with Gasteiger partial charge in [0, 0.05) is 12.2 Å². The van der Waals surface area contributed by atoms with Crippen molar-refractivity contribution in [2.75, 3.05) is 12.4 Å². The van der Waals surface area contributed by atoms with E-state index in [1.165, 1.54) is 36.0 Å². The highest BCUT2D eigenvalue weighted by molar-refractivity contribution is 8.14. The largest absolute Gasteiger partial charge is 0.484 e. The van der Waals surface area contributed by atoms with Crippen molar-refractivity contribution in [3.8, 4) is 5.75 Å². The molecule has 1 unspecified atom stereocenters. The van der Waals surface area contributed by atoms with Crippen LogP contribution in [0.4, 0.5) is 8.78 Å². The Morgan fingerprint density at radius 2 is 2.07 bits per heavy atom. The number of hydrogen-bond acceptors (Lipinski definition) is 4. The Balaban J connectivity index is 1.48. The zero-order chi connectivity index (χ0) is 19.7. The van der Waals surface area contributed by atoms with Crippen LogP contribution in [-0.4, -0.2) is 34.0 Å². The number of halogens is 2. The number of carboxylic acid groups (broad SMARTS) is 1. The van der Waals surface area contributed by atoms with Crippen LogP contribution in [0.3, 0.4) is 0 Å². The van der Waals surface area contributed by atoms with Gasteiger partial charge < -0.3 is 9.84 Å². The minimum Gasteiger partial charge on any atom is -0.484 e. The molecule has 2 aromatic carbocycles. The second-order valence-electron chi connectivity index (χ2n) is 6.85. The number of thioether (sulfide) groups is 1. The van der Waals surface area contributed by atoms with Gasteiger partial charge in [-0.3, -0.25) is 4.99 Å². The number of para-hydroxylation sites is 1. The third kappa shape index (κ3) is 3.67. The van der Waals surface area contributed by atoms with E-state index in [1.54, 1.807) is 18.2 Å². The van der Waals surface area contributed by atoms with Crippen molar-refractivity contribution in [1.29, 1.82) is 0 Å². The molecule has 1 aliphatic carbocycles. The van der Waals surface area contributed by atoms with Gasteiger partial charge >= 0.3 is 5.97 Å². The quantitative estimate of drug-likeness (QED) is 0.782. The minimum absolute atomic E-state index is 0.0190. The number of rotatable bonds is 6. The van der Waals surface area contributed by atoms with Crippen LogP contribution in [0, 0.1) is 11.6 Å². The number of carboxylic acids is 1. The van der Waals surface area contributed by atoms with Gasteiger partial charge in [0.05, 0.1) is 0 Å². The number of ether oxygens (including phenoxy) is 1. The Bertz CT molecular complexity index is 1000. The molecule has 0 saturated carbocycles. The lowest BCUT2D eigenvalue weighted by Crippen LogP contribution is -2.37. The Hall–Kier alpha value is -2.67. The maximum atomic E-state index is 13.7. The van der Waals surface area contributed by atoms with Crippen molar-refractivity contribution in [3.63, 3.8) is 0 Å². The SMILES string of the molecule is O=C(O)C1(CC2=Cc3ccc(F)cc3C2)CSC(COc2ccccc2F)=N1. The van der Waals surface area contributed by atoms with Gasteiger partial charge in [-0.1, -0.05) is 29.8 Å². The maximum Gasteiger partial charge on any atom is 0.332 e. The van der Waals surface area contributed by atoms with Crippen molar-refractivity contribution < 1.29 is 23.4 Å². The Labute approximate surface area is 164 Å². The smallest absolute Gasteiger partial charge is 0.332 e. The average Bonchev–Trinajstić information content (AvgIpc) is 3.25. The summed E-state index contributed by atoms with van der Waals surface area (Å²) >= 11 is 1.31. The zero-order valence-electron chi connectivity index (χ0n) is 14.8. The number of benzene rings is 2. The van der Waals surface area contributed by atoms with E-state index in [4.69, 9.17) is 4.74 Å². The number of fused-ring (bicyclic) bond motifs is 1. The second kappa shape index (κ2) is 7.39. The normalized spacial score (nSPS) is 20.5. The Kier molecular flexibility index (Phi) is 4.93. The van der Waals surface area contributed by atoms with Crippen LogP contribution in [0.5, 0.6) is 5.75 Å². The molecule has 4 nitrogen and oxygen atoms in total. The van der Waals surface area contributed by atoms with Crippen LogP contribution in [0.1, 0.15) is 17.5 Å². The molecule has 0 amide bonds. The Morgan fingerprint density at radius 3 is 2.86 bits per heavy atom. The first-order chi connectivity index (χ1) is 13.4. The third-order valence-electron chi connectivity index (χ3n) is 4.80. The second-order valence-corrected chi connectivity index (χ2v) is 7.90. The molecular weight excluding hydrogens is 384 g/mol. The van der Waals surface area contributed by atoms with Crippen LogP contribution in [0.25, 0.3) is 6.08 Å². The van der Waals surface area contributed by atoms with Crippen LogP contribution in [0.15, 0.2) is 53.0 Å². The average molecular weight is 401 g/mol. The Morgan fingerprint density at radius 1 is 1.25 bits per heavy atom. The summed E-state index contributed by atoms with van der Waals surface area (Å²) in [5.74, 6) is -1.40. The van der Waals surface area contributed by atoms with E-state index in [2.05, 4.69) is 4.99 Å². The molecule has 28 heavy (non-hydrogen) atoms. The highest BCUT2D eigenvalue weighted by Gasteiger charge is 2.44. The lowest BCUT2D eigenvalue weighted by atomic mass is 9.92. The topological polar surface area (TPSA) is 58.9 Å². The van der Waals surface area contributed by atoms with E-state index in [9.17, 15) is 18.7 Å². The first-order valence-electron chi connectivity index (χ1n) is 8.75. The molecule has 0 fully saturated rings. The van der Waals surface area contributed by atoms with Crippen LogP contribution >= 0.6 is 11.8 Å². The zero-order valence-corrected chi connectivity index (χ0v) is 15.6. The van der Waals surface area contributed by atoms with Gasteiger partial charge in [0.1, 0.15) is 17.5 Å². The molecule has 2 aromatic rings. The fourth-order valence-corrected chi connectivity index (χ4v) is 4.51. The fourth-order valence-electron chi connectivity index (χ4n) is 3.43. The molecule has 144 valence electrons. The minimum atomic E-state index is -1.29. The number of hydrogen-bond donors (Lipinski definition) is 1. The molecule has 0 spiro atoms. The molecule has 0 aromatic heterocycles. The molecule has 0 bridgehead atoms. The van der Waals surface area contributed by atoms with Gasteiger partial charge in [-0.25, -0.2) is 13.6 Å². The first-order valence-corrected chi connectivity index (χ1v) is 9.74. The van der Waals surface area contributed by atoms with E-state index in [0.29, 0.717) is 11.5 Å². The summed E-state index contributed by atoms with van der Waals surface area (Å²) in [6, 6.07) is 10.6. The molecule has 2 aliphatic rings. The first kappa shape index (κ1) is 18.7. The third-order valence-corrected chi connectivity index (χ3v) is 5.97. The maximum absolute atomic E-state index is 13.7. The number of aliphatic carboxylic acids is 1. The molecule has 1 atom stereocenters. The molecule has 0 saturated heterocycles. The van der Waals surface area contributed by atoms with Crippen molar-refractivity contribution >= 4 is 28.9 Å². The van der Waals surface area contributed by atoms with Crippen molar-refractivity contribution in [2.24, 2.45) is 4.99 Å². The van der Waals surface area contributed by atoms with E-state index in [0.717, 1.165) is 16.7 Å². The van der Waals surface area contributed by atoms with Gasteiger partial charge in [0.25, 0.3) is 0 Å². The van der Waals surface area contributed by atoms with Gasteiger partial charge in [0.2, 0.25) is 0 Å². The van der Waals surface area contributed by atoms with Gasteiger partial charge in [-0.05, 0) is 41.8 Å². The fraction of sp³-hybridized carbons (Fsp3) is 0.238. The molecule has 0 radical (unpaired) electrons. The molecule has 7 heteroatoms. The van der Waals surface area contributed by atoms with Gasteiger partial charge in [-0.2, -0.15) is 0 Å². The molecule has 1 aliphatic heterocycles. The molecule has 4 rings (SSSR count). The molecular formula is C21H17F2NO3S. The predicted octanol–water partition coefficient (Wildman–Crippen LogP) is 4.34. The van der Waals surface area contributed by atoms with Crippen LogP contribution < -0.4 is 4.74 Å². The van der Waals surface area contributed by atoms with Crippen molar-refractivity contribution in [2.45, 2.75) is 18.4 Å². The summed E-state index contributed by atoms with van der Waals surface area (Å²) < 4.78 is 32.5. The predicted molar refractivity (Wildman–Crippen MR) is 105 cm³/mol. The number of aliphatic imine (C=N–C) groups is 1. The standard InChI is InChI=1S/C21H17F2NO3S/c22-16-6-5-14-7-13(8-15(14)9-16)10-21(20(25)26)12-28-19(24-21)11-27-18-4-2-1-3-17(18)23/h1-7,9H,8,10-12H2,(H,25,26). The molecule has 1 heterocycles. The number of nitrogens with zero attached hydrogens (tertiary/aromatic N) is 1. The lowest BCUT2D eigenvalue weighted by Gasteiger charge is -2.20. The summed E-state index contributed by atoms with van der Waals surface area (Å²) in [6.07, 6.45) is 2.67. The van der Waals surface area contributed by atoms with E-state index in [-0.39, 0.29) is 30.3 Å². The lowest BCUT2D eigenvalue weighted by molar-refractivity contribution is -0.142. The van der Waals surface area contributed by atoms with Crippen molar-refractivity contribution in [3.05, 3.63) is 70.8 Å². The monoisotopic (exact) mass is 401 g/mol. The van der Waals surface area contributed by atoms with Gasteiger partial charge in [-0.15, -0.1) is 11.8 Å². The summed E-state index contributed by atoms with van der Waals surface area (Å²) in [4.78, 5) is 16.4. The van der Waals surface area contributed by atoms with Crippen molar-refractivity contribution in [1.82, 2.24) is 0 Å². The number of carbonyl (C=O) groups is 1. The summed E-state index contributed by atoms with van der Waals surface area (Å²) in [6.45, 7) is 0.0190. The summed E-state index contributed by atoms with van der Waals surface area (Å²) in [7, 11) is 0. The highest BCUT2D eigenvalue weighted by Crippen LogP contribution is 2.38. The van der Waals surface area contributed by atoms with Crippen LogP contribution in [-0.2, 0) is 11.2 Å². The summed E-state index contributed by atoms with van der Waals surface area (Å²) in [5, 5.41) is 10.3.